The molecule has 0 bridgehead atoms. The van der Waals surface area contributed by atoms with Crippen LogP contribution in [-0.4, -0.2) is 30.4 Å². The molecule has 5 heteroatoms. The lowest BCUT2D eigenvalue weighted by Crippen LogP contribution is -2.23. The third kappa shape index (κ3) is 2.60. The van der Waals surface area contributed by atoms with Gasteiger partial charge < -0.3 is 4.74 Å². The molecule has 1 aliphatic rings. The van der Waals surface area contributed by atoms with E-state index in [0.717, 1.165) is 5.56 Å². The molecule has 0 aliphatic carbocycles. The lowest BCUT2D eigenvalue weighted by atomic mass is 10.2. The van der Waals surface area contributed by atoms with Crippen molar-refractivity contribution in [2.75, 3.05) is 13.7 Å². The number of hydrogen-bond donors (Lipinski definition) is 0. The Morgan fingerprint density at radius 2 is 2.13 bits per heavy atom. The second kappa shape index (κ2) is 4.65. The van der Waals surface area contributed by atoms with Gasteiger partial charge in [-0.05, 0) is 11.6 Å². The minimum Gasteiger partial charge on any atom is -0.377 e. The molecule has 0 fully saturated rings. The molecule has 0 unspecified atom stereocenters. The van der Waals surface area contributed by atoms with Gasteiger partial charge in [-0.3, -0.25) is 4.98 Å². The molecule has 0 saturated heterocycles. The highest BCUT2D eigenvalue weighted by molar-refractivity contribution is 6.04. The van der Waals surface area contributed by atoms with Gasteiger partial charge in [-0.2, -0.15) is 0 Å². The molecular formula is C10H11N4O. The van der Waals surface area contributed by atoms with Gasteiger partial charge in [0.2, 0.25) is 0 Å². The molecule has 5 nitrogen and oxygen atoms in total. The first-order valence-electron chi connectivity index (χ1n) is 4.61. The Hall–Kier alpha value is -1.75. The fourth-order valence-corrected chi connectivity index (χ4v) is 1.26. The van der Waals surface area contributed by atoms with E-state index in [2.05, 4.69) is 20.5 Å². The molecule has 1 radical (unpaired) electrons. The predicted octanol–water partition coefficient (Wildman–Crippen LogP) is 0.601. The topological polar surface area (TPSA) is 60.9 Å². The quantitative estimate of drug-likeness (QED) is 0.719. The first-order chi connectivity index (χ1) is 7.38. The van der Waals surface area contributed by atoms with Crippen LogP contribution in [0.3, 0.4) is 0 Å². The fourth-order valence-electron chi connectivity index (χ4n) is 1.26. The SMILES string of the molecule is COCC1=NN=C(Cc2cccnc2)[N]1. The molecule has 1 aromatic heterocycles. The molecule has 0 atom stereocenters. The molecule has 2 heterocycles. The minimum atomic E-state index is 0.403. The highest BCUT2D eigenvalue weighted by atomic mass is 16.5. The molecule has 0 N–H and O–H groups in total. The van der Waals surface area contributed by atoms with E-state index < -0.39 is 0 Å². The summed E-state index contributed by atoms with van der Waals surface area (Å²) in [6, 6.07) is 3.88. The van der Waals surface area contributed by atoms with E-state index in [1.807, 2.05) is 12.1 Å². The molecule has 77 valence electrons. The Balaban J connectivity index is 1.90. The van der Waals surface area contributed by atoms with E-state index in [1.54, 1.807) is 19.5 Å². The lowest BCUT2D eigenvalue weighted by Gasteiger charge is -2.00. The zero-order valence-electron chi connectivity index (χ0n) is 8.42. The van der Waals surface area contributed by atoms with Crippen molar-refractivity contribution < 1.29 is 4.74 Å². The van der Waals surface area contributed by atoms with E-state index in [0.29, 0.717) is 24.7 Å². The number of nitrogens with zero attached hydrogens (tertiary/aromatic N) is 4. The average molecular weight is 203 g/mol. The smallest absolute Gasteiger partial charge is 0.178 e. The normalized spacial score (nSPS) is 14.5. The number of hydrogen-bond acceptors (Lipinski definition) is 4. The maximum atomic E-state index is 4.91. The summed E-state index contributed by atoms with van der Waals surface area (Å²) in [5, 5.41) is 12.1. The maximum Gasteiger partial charge on any atom is 0.178 e. The molecular weight excluding hydrogens is 192 g/mol. The summed E-state index contributed by atoms with van der Waals surface area (Å²) in [7, 11) is 1.61. The van der Waals surface area contributed by atoms with Gasteiger partial charge in [0, 0.05) is 25.9 Å². The lowest BCUT2D eigenvalue weighted by molar-refractivity contribution is 0.243. The van der Waals surface area contributed by atoms with Crippen molar-refractivity contribution in [1.29, 1.82) is 0 Å². The van der Waals surface area contributed by atoms with Crippen molar-refractivity contribution in [1.82, 2.24) is 10.3 Å². The van der Waals surface area contributed by atoms with E-state index in [1.165, 1.54) is 0 Å². The monoisotopic (exact) mass is 203 g/mol. The zero-order chi connectivity index (χ0) is 10.5. The van der Waals surface area contributed by atoms with Crippen molar-refractivity contribution in [2.45, 2.75) is 6.42 Å². The Morgan fingerprint density at radius 1 is 1.27 bits per heavy atom. The van der Waals surface area contributed by atoms with Gasteiger partial charge in [-0.15, -0.1) is 10.2 Å². The Kier molecular flexibility index (Phi) is 3.04. The zero-order valence-corrected chi connectivity index (χ0v) is 8.42. The van der Waals surface area contributed by atoms with Gasteiger partial charge in [-0.25, -0.2) is 5.32 Å². The predicted molar refractivity (Wildman–Crippen MR) is 56.8 cm³/mol. The van der Waals surface area contributed by atoms with Crippen LogP contribution in [0.2, 0.25) is 0 Å². The van der Waals surface area contributed by atoms with Crippen LogP contribution in [0.4, 0.5) is 0 Å². The van der Waals surface area contributed by atoms with E-state index in [-0.39, 0.29) is 0 Å². The van der Waals surface area contributed by atoms with Crippen LogP contribution in [0.25, 0.3) is 0 Å². The van der Waals surface area contributed by atoms with Crippen LogP contribution >= 0.6 is 0 Å². The van der Waals surface area contributed by atoms with Gasteiger partial charge in [0.25, 0.3) is 0 Å². The first kappa shape index (κ1) is 9.79. The van der Waals surface area contributed by atoms with E-state index in [4.69, 9.17) is 4.74 Å². The molecule has 0 saturated carbocycles. The maximum absolute atomic E-state index is 4.91. The third-order valence-corrected chi connectivity index (χ3v) is 1.90. The first-order valence-corrected chi connectivity index (χ1v) is 4.61. The number of methoxy groups -OCH3 is 1. The molecule has 2 rings (SSSR count). The number of rotatable bonds is 4. The summed E-state index contributed by atoms with van der Waals surface area (Å²) >= 11 is 0. The highest BCUT2D eigenvalue weighted by Gasteiger charge is 2.13. The number of aromatic nitrogens is 1. The summed E-state index contributed by atoms with van der Waals surface area (Å²) < 4.78 is 4.91. The van der Waals surface area contributed by atoms with Crippen molar-refractivity contribution in [2.24, 2.45) is 10.2 Å². The van der Waals surface area contributed by atoms with Crippen LogP contribution in [0.1, 0.15) is 5.56 Å². The second-order valence-electron chi connectivity index (χ2n) is 3.12. The molecule has 1 aliphatic heterocycles. The second-order valence-corrected chi connectivity index (χ2v) is 3.12. The van der Waals surface area contributed by atoms with Crippen LogP contribution in [-0.2, 0) is 11.2 Å². The van der Waals surface area contributed by atoms with Crippen molar-refractivity contribution in [3.63, 3.8) is 0 Å². The fraction of sp³-hybridized carbons (Fsp3) is 0.300. The van der Waals surface area contributed by atoms with Crippen molar-refractivity contribution in [3.8, 4) is 0 Å². The number of amidine groups is 2. The number of ether oxygens (including phenoxy) is 1. The van der Waals surface area contributed by atoms with Gasteiger partial charge in [0.1, 0.15) is 6.61 Å². The van der Waals surface area contributed by atoms with Gasteiger partial charge in [0.05, 0.1) is 0 Å². The average Bonchev–Trinajstić information content (AvgIpc) is 2.68. The van der Waals surface area contributed by atoms with Crippen LogP contribution in [0.15, 0.2) is 34.7 Å². The molecule has 0 aromatic carbocycles. The van der Waals surface area contributed by atoms with E-state index >= 15 is 0 Å². The largest absolute Gasteiger partial charge is 0.377 e. The highest BCUT2D eigenvalue weighted by Crippen LogP contribution is 2.02. The summed E-state index contributed by atoms with van der Waals surface area (Å²) in [5.74, 6) is 1.33. The molecule has 1 aromatic rings. The van der Waals surface area contributed by atoms with Crippen LogP contribution in [0, 0.1) is 0 Å². The molecule has 15 heavy (non-hydrogen) atoms. The molecule has 0 spiro atoms. The summed E-state index contributed by atoms with van der Waals surface area (Å²) in [6.07, 6.45) is 4.20. The van der Waals surface area contributed by atoms with E-state index in [9.17, 15) is 0 Å². The van der Waals surface area contributed by atoms with Crippen molar-refractivity contribution in [3.05, 3.63) is 30.1 Å². The Bertz CT molecular complexity index is 386. The summed E-state index contributed by atoms with van der Waals surface area (Å²) in [5.41, 5.74) is 1.08. The summed E-state index contributed by atoms with van der Waals surface area (Å²) in [6.45, 7) is 0.403. The number of pyridine rings is 1. The van der Waals surface area contributed by atoms with Gasteiger partial charge in [0.15, 0.2) is 11.7 Å². The summed E-state index contributed by atoms with van der Waals surface area (Å²) in [4.78, 5) is 4.02. The van der Waals surface area contributed by atoms with Crippen LogP contribution in [0.5, 0.6) is 0 Å². The molecule has 0 amide bonds. The van der Waals surface area contributed by atoms with Gasteiger partial charge in [-0.1, -0.05) is 6.07 Å². The standard InChI is InChI=1S/C10H11N4O/c1-15-7-10-12-9(13-14-10)5-8-3-2-4-11-6-8/h2-4,6H,5,7H2,1H3. The van der Waals surface area contributed by atoms with Crippen LogP contribution < -0.4 is 5.32 Å². The Morgan fingerprint density at radius 3 is 2.87 bits per heavy atom. The van der Waals surface area contributed by atoms with Gasteiger partial charge >= 0.3 is 0 Å². The Labute approximate surface area is 87.9 Å². The third-order valence-electron chi connectivity index (χ3n) is 1.90. The minimum absolute atomic E-state index is 0.403. The van der Waals surface area contributed by atoms with Crippen molar-refractivity contribution >= 4 is 11.7 Å².